The van der Waals surface area contributed by atoms with Crippen molar-refractivity contribution in [3.05, 3.63) is 76.1 Å². The number of amides is 1. The van der Waals surface area contributed by atoms with Gasteiger partial charge in [0.2, 0.25) is 11.3 Å². The van der Waals surface area contributed by atoms with E-state index in [2.05, 4.69) is 22.5 Å². The molecule has 24 heavy (non-hydrogen) atoms. The first-order chi connectivity index (χ1) is 11.7. The third-order valence-electron chi connectivity index (χ3n) is 4.52. The van der Waals surface area contributed by atoms with E-state index in [1.807, 2.05) is 30.3 Å². The number of hydrogen-bond donors (Lipinski definition) is 1. The lowest BCUT2D eigenvalue weighted by Crippen LogP contribution is -2.31. The fourth-order valence-corrected chi connectivity index (χ4v) is 3.37. The van der Waals surface area contributed by atoms with E-state index in [9.17, 15) is 9.59 Å². The molecule has 1 aliphatic carbocycles. The third kappa shape index (κ3) is 2.58. The number of carbonyl (C=O) groups excluding carboxylic acids is 1. The van der Waals surface area contributed by atoms with Crippen molar-refractivity contribution < 1.29 is 4.79 Å². The zero-order chi connectivity index (χ0) is 16.5. The predicted molar refractivity (Wildman–Crippen MR) is 91.6 cm³/mol. The van der Waals surface area contributed by atoms with Crippen LogP contribution in [0.4, 0.5) is 0 Å². The number of carbonyl (C=O) groups is 1. The van der Waals surface area contributed by atoms with Gasteiger partial charge < -0.3 is 5.32 Å². The highest BCUT2D eigenvalue weighted by atomic mass is 16.2. The minimum atomic E-state index is -0.132. The standard InChI is InChI=1S/C19H17N3O2/c23-18-11-20-22(17-8-4-3-7-15(17)18)12-19(24)21-16-10-9-13-5-1-2-6-14(13)16/h1-8,11,16H,9-10,12H2,(H,21,24)/t16-/m1/s1. The topological polar surface area (TPSA) is 64.0 Å². The Kier molecular flexibility index (Phi) is 3.61. The van der Waals surface area contributed by atoms with Gasteiger partial charge in [0.25, 0.3) is 0 Å². The Morgan fingerprint density at radius 1 is 1.17 bits per heavy atom. The minimum Gasteiger partial charge on any atom is -0.348 e. The van der Waals surface area contributed by atoms with Crippen LogP contribution < -0.4 is 10.7 Å². The van der Waals surface area contributed by atoms with Crippen molar-refractivity contribution in [2.75, 3.05) is 0 Å². The third-order valence-corrected chi connectivity index (χ3v) is 4.52. The minimum absolute atomic E-state index is 0.0549. The van der Waals surface area contributed by atoms with Crippen molar-refractivity contribution in [1.29, 1.82) is 0 Å². The number of para-hydroxylation sites is 1. The summed E-state index contributed by atoms with van der Waals surface area (Å²) in [6, 6.07) is 15.5. The Bertz CT molecular complexity index is 978. The second-order valence-corrected chi connectivity index (χ2v) is 6.04. The number of benzene rings is 2. The second kappa shape index (κ2) is 5.92. The molecule has 0 radical (unpaired) electrons. The average molecular weight is 319 g/mol. The van der Waals surface area contributed by atoms with Gasteiger partial charge >= 0.3 is 0 Å². The Hall–Kier alpha value is -2.95. The van der Waals surface area contributed by atoms with Crippen molar-refractivity contribution in [1.82, 2.24) is 15.1 Å². The van der Waals surface area contributed by atoms with Crippen molar-refractivity contribution in [3.63, 3.8) is 0 Å². The van der Waals surface area contributed by atoms with Gasteiger partial charge in [0.05, 0.1) is 17.8 Å². The van der Waals surface area contributed by atoms with Crippen LogP contribution >= 0.6 is 0 Å². The highest BCUT2D eigenvalue weighted by Gasteiger charge is 2.23. The zero-order valence-corrected chi connectivity index (χ0v) is 13.1. The summed E-state index contributed by atoms with van der Waals surface area (Å²) in [5, 5.41) is 7.77. The summed E-state index contributed by atoms with van der Waals surface area (Å²) in [6.45, 7) is 0.0967. The molecule has 4 rings (SSSR count). The largest absolute Gasteiger partial charge is 0.348 e. The second-order valence-electron chi connectivity index (χ2n) is 6.04. The molecular formula is C19H17N3O2. The number of nitrogens with zero attached hydrogens (tertiary/aromatic N) is 2. The molecule has 1 aromatic heterocycles. The average Bonchev–Trinajstić information content (AvgIpc) is 3.01. The van der Waals surface area contributed by atoms with E-state index < -0.39 is 0 Å². The zero-order valence-electron chi connectivity index (χ0n) is 13.1. The summed E-state index contributed by atoms with van der Waals surface area (Å²) in [5.74, 6) is -0.0991. The fraction of sp³-hybridized carbons (Fsp3) is 0.211. The molecule has 0 bridgehead atoms. The smallest absolute Gasteiger partial charge is 0.242 e. The van der Waals surface area contributed by atoms with Gasteiger partial charge in [-0.2, -0.15) is 5.10 Å². The Labute approximate surface area is 138 Å². The van der Waals surface area contributed by atoms with Gasteiger partial charge in [-0.15, -0.1) is 0 Å². The summed E-state index contributed by atoms with van der Waals surface area (Å²) in [4.78, 5) is 24.3. The summed E-state index contributed by atoms with van der Waals surface area (Å²) in [6.07, 6.45) is 3.17. The van der Waals surface area contributed by atoms with Gasteiger partial charge in [-0.25, -0.2) is 0 Å². The van der Waals surface area contributed by atoms with Crippen LogP contribution in [0.15, 0.2) is 59.5 Å². The van der Waals surface area contributed by atoms with Gasteiger partial charge in [0.1, 0.15) is 6.54 Å². The highest BCUT2D eigenvalue weighted by Crippen LogP contribution is 2.30. The molecule has 1 aliphatic rings. The maximum atomic E-state index is 12.5. The lowest BCUT2D eigenvalue weighted by atomic mass is 10.1. The molecule has 1 heterocycles. The van der Waals surface area contributed by atoms with E-state index in [-0.39, 0.29) is 23.9 Å². The van der Waals surface area contributed by atoms with Crippen LogP contribution in [0.3, 0.4) is 0 Å². The molecular weight excluding hydrogens is 302 g/mol. The van der Waals surface area contributed by atoms with Gasteiger partial charge in [-0.05, 0) is 36.1 Å². The first kappa shape index (κ1) is 14.6. The number of aryl methyl sites for hydroxylation is 1. The molecule has 5 nitrogen and oxygen atoms in total. The van der Waals surface area contributed by atoms with E-state index in [0.717, 1.165) is 12.8 Å². The maximum absolute atomic E-state index is 12.5. The normalized spacial score (nSPS) is 16.1. The van der Waals surface area contributed by atoms with Crippen LogP contribution in [0.5, 0.6) is 0 Å². The number of rotatable bonds is 3. The molecule has 1 N–H and O–H groups in total. The lowest BCUT2D eigenvalue weighted by Gasteiger charge is -2.15. The molecule has 2 aromatic carbocycles. The molecule has 0 saturated heterocycles. The number of aromatic nitrogens is 2. The van der Waals surface area contributed by atoms with E-state index in [1.165, 1.54) is 17.3 Å². The van der Waals surface area contributed by atoms with Crippen LogP contribution in [-0.4, -0.2) is 15.7 Å². The first-order valence-electron chi connectivity index (χ1n) is 8.04. The van der Waals surface area contributed by atoms with Gasteiger partial charge in [0, 0.05) is 5.39 Å². The van der Waals surface area contributed by atoms with Crippen molar-refractivity contribution in [2.45, 2.75) is 25.4 Å². The highest BCUT2D eigenvalue weighted by molar-refractivity contribution is 5.81. The molecule has 0 saturated carbocycles. The van der Waals surface area contributed by atoms with E-state index >= 15 is 0 Å². The summed E-state index contributed by atoms with van der Waals surface area (Å²) < 4.78 is 1.58. The maximum Gasteiger partial charge on any atom is 0.242 e. The predicted octanol–water partition coefficient (Wildman–Crippen LogP) is 2.20. The molecule has 120 valence electrons. The van der Waals surface area contributed by atoms with Crippen LogP contribution in [0.2, 0.25) is 0 Å². The van der Waals surface area contributed by atoms with Crippen molar-refractivity contribution in [3.8, 4) is 0 Å². The van der Waals surface area contributed by atoms with Crippen LogP contribution in [0, 0.1) is 0 Å². The number of fused-ring (bicyclic) bond motifs is 2. The quantitative estimate of drug-likeness (QED) is 0.805. The summed E-state index contributed by atoms with van der Waals surface area (Å²) >= 11 is 0. The fourth-order valence-electron chi connectivity index (χ4n) is 3.37. The van der Waals surface area contributed by atoms with E-state index in [4.69, 9.17) is 0 Å². The Balaban J connectivity index is 1.56. The summed E-state index contributed by atoms with van der Waals surface area (Å²) in [7, 11) is 0. The van der Waals surface area contributed by atoms with Gasteiger partial charge in [-0.3, -0.25) is 14.3 Å². The van der Waals surface area contributed by atoms with E-state index in [0.29, 0.717) is 10.9 Å². The summed E-state index contributed by atoms with van der Waals surface area (Å²) in [5.41, 5.74) is 3.04. The molecule has 5 heteroatoms. The molecule has 0 aliphatic heterocycles. The molecule has 1 atom stereocenters. The number of nitrogens with one attached hydrogen (secondary N) is 1. The molecule has 0 fully saturated rings. The van der Waals surface area contributed by atoms with Crippen LogP contribution in [-0.2, 0) is 17.8 Å². The SMILES string of the molecule is O=C(Cn1ncc(=O)c2ccccc21)N[C@@H]1CCc2ccccc21. The lowest BCUT2D eigenvalue weighted by molar-refractivity contribution is -0.122. The van der Waals surface area contributed by atoms with E-state index in [1.54, 1.807) is 10.7 Å². The monoisotopic (exact) mass is 319 g/mol. The van der Waals surface area contributed by atoms with Gasteiger partial charge in [0.15, 0.2) is 0 Å². The Morgan fingerprint density at radius 2 is 1.96 bits per heavy atom. The molecule has 0 unspecified atom stereocenters. The van der Waals surface area contributed by atoms with Crippen molar-refractivity contribution in [2.24, 2.45) is 0 Å². The van der Waals surface area contributed by atoms with Crippen LogP contribution in [0.25, 0.3) is 10.9 Å². The molecule has 3 aromatic rings. The first-order valence-corrected chi connectivity index (χ1v) is 8.04. The molecule has 0 spiro atoms. The number of hydrogen-bond acceptors (Lipinski definition) is 3. The van der Waals surface area contributed by atoms with Crippen molar-refractivity contribution >= 4 is 16.8 Å². The van der Waals surface area contributed by atoms with Gasteiger partial charge in [-0.1, -0.05) is 36.4 Å². The van der Waals surface area contributed by atoms with Crippen LogP contribution in [0.1, 0.15) is 23.6 Å². The Morgan fingerprint density at radius 3 is 2.88 bits per heavy atom. The molecule has 1 amide bonds.